The van der Waals surface area contributed by atoms with Crippen molar-refractivity contribution in [1.82, 2.24) is 15.0 Å². The SMILES string of the molecule is CNc1csc(C2CCCN(c3ncnc(N)c3C#N)C2)n1.O=CNc1c(F)cc(F)cc1N1CCCC1. The van der Waals surface area contributed by atoms with Crippen molar-refractivity contribution in [3.05, 3.63) is 46.0 Å². The van der Waals surface area contributed by atoms with Crippen LogP contribution in [0.1, 0.15) is 42.2 Å². The number of aromatic nitrogens is 3. The third kappa shape index (κ3) is 6.08. The van der Waals surface area contributed by atoms with Crippen LogP contribution < -0.4 is 26.2 Å². The number of nitrogens with two attached hydrogens (primary N) is 1. The van der Waals surface area contributed by atoms with E-state index in [9.17, 15) is 18.8 Å². The quantitative estimate of drug-likeness (QED) is 0.396. The van der Waals surface area contributed by atoms with E-state index < -0.39 is 11.6 Å². The number of amides is 1. The summed E-state index contributed by atoms with van der Waals surface area (Å²) in [6.07, 6.45) is 5.94. The van der Waals surface area contributed by atoms with Gasteiger partial charge in [-0.25, -0.2) is 23.7 Å². The number of carbonyl (C=O) groups excluding carboxylic acids is 1. The summed E-state index contributed by atoms with van der Waals surface area (Å²) in [5, 5.41) is 17.8. The van der Waals surface area contributed by atoms with Crippen molar-refractivity contribution < 1.29 is 13.6 Å². The van der Waals surface area contributed by atoms with Crippen LogP contribution in [0.3, 0.4) is 0 Å². The van der Waals surface area contributed by atoms with Crippen LogP contribution in [-0.4, -0.2) is 54.6 Å². The lowest BCUT2D eigenvalue weighted by Crippen LogP contribution is -2.35. The number of hydrogen-bond acceptors (Lipinski definition) is 10. The molecule has 2 saturated heterocycles. The number of nitrogens with zero attached hydrogens (tertiary/aromatic N) is 6. The molecule has 1 atom stereocenters. The van der Waals surface area contributed by atoms with Crippen molar-refractivity contribution in [2.24, 2.45) is 0 Å². The Hall–Kier alpha value is -4.05. The van der Waals surface area contributed by atoms with Gasteiger partial charge < -0.3 is 26.2 Å². The highest BCUT2D eigenvalue weighted by Crippen LogP contribution is 2.34. The number of carbonyl (C=O) groups is 1. The van der Waals surface area contributed by atoms with Gasteiger partial charge in [0.25, 0.3) is 0 Å². The minimum atomic E-state index is -0.742. The molecule has 0 aliphatic carbocycles. The molecule has 1 unspecified atom stereocenters. The van der Waals surface area contributed by atoms with Gasteiger partial charge in [0, 0.05) is 50.6 Å². The summed E-state index contributed by atoms with van der Waals surface area (Å²) < 4.78 is 26.6. The summed E-state index contributed by atoms with van der Waals surface area (Å²) in [5.41, 5.74) is 6.62. The zero-order valence-corrected chi connectivity index (χ0v) is 21.8. The molecule has 1 amide bonds. The third-order valence-electron chi connectivity index (χ3n) is 6.50. The molecule has 38 heavy (non-hydrogen) atoms. The lowest BCUT2D eigenvalue weighted by molar-refractivity contribution is -0.105. The Labute approximate surface area is 223 Å². The van der Waals surface area contributed by atoms with Gasteiger partial charge in [-0.05, 0) is 31.7 Å². The molecular formula is C25H29F2N9OS. The Balaban J connectivity index is 0.000000186. The topological polar surface area (TPSA) is 136 Å². The minimum absolute atomic E-state index is 0.0540. The zero-order valence-electron chi connectivity index (χ0n) is 21.0. The predicted molar refractivity (Wildman–Crippen MR) is 144 cm³/mol. The summed E-state index contributed by atoms with van der Waals surface area (Å²) in [5.74, 6) is 0.751. The maximum Gasteiger partial charge on any atom is 0.211 e. The molecular weight excluding hydrogens is 512 g/mol. The van der Waals surface area contributed by atoms with E-state index in [-0.39, 0.29) is 11.5 Å². The molecule has 4 heterocycles. The van der Waals surface area contributed by atoms with E-state index in [4.69, 9.17) is 5.73 Å². The van der Waals surface area contributed by atoms with Crippen molar-refractivity contribution in [1.29, 1.82) is 5.26 Å². The first-order chi connectivity index (χ1) is 18.4. The van der Waals surface area contributed by atoms with Crippen molar-refractivity contribution in [3.8, 4) is 6.07 Å². The third-order valence-corrected chi connectivity index (χ3v) is 7.51. The number of piperidine rings is 1. The molecule has 0 saturated carbocycles. The van der Waals surface area contributed by atoms with Gasteiger partial charge >= 0.3 is 0 Å². The first-order valence-electron chi connectivity index (χ1n) is 12.3. The molecule has 2 aliphatic rings. The van der Waals surface area contributed by atoms with Crippen LogP contribution in [-0.2, 0) is 4.79 Å². The second kappa shape index (κ2) is 12.5. The van der Waals surface area contributed by atoms with Gasteiger partial charge in [0.15, 0.2) is 11.6 Å². The monoisotopic (exact) mass is 541 g/mol. The molecule has 2 fully saturated rings. The second-order valence-corrected chi connectivity index (χ2v) is 9.80. The van der Waals surface area contributed by atoms with Crippen LogP contribution in [0.4, 0.5) is 37.6 Å². The van der Waals surface area contributed by atoms with Crippen molar-refractivity contribution >= 4 is 46.6 Å². The smallest absolute Gasteiger partial charge is 0.211 e. The first kappa shape index (κ1) is 27.0. The van der Waals surface area contributed by atoms with Gasteiger partial charge in [-0.1, -0.05) is 0 Å². The molecule has 200 valence electrons. The van der Waals surface area contributed by atoms with E-state index in [2.05, 4.69) is 36.6 Å². The van der Waals surface area contributed by atoms with E-state index in [1.165, 1.54) is 12.4 Å². The number of nitrogen functional groups attached to an aromatic ring is 1. The maximum atomic E-state index is 13.5. The van der Waals surface area contributed by atoms with Crippen LogP contribution in [0, 0.1) is 23.0 Å². The van der Waals surface area contributed by atoms with Crippen molar-refractivity contribution in [2.75, 3.05) is 59.4 Å². The van der Waals surface area contributed by atoms with Crippen LogP contribution in [0.15, 0.2) is 23.8 Å². The predicted octanol–water partition coefficient (Wildman–Crippen LogP) is 3.95. The fourth-order valence-corrected chi connectivity index (χ4v) is 5.61. The Morgan fingerprint density at radius 1 is 1.18 bits per heavy atom. The van der Waals surface area contributed by atoms with E-state index in [1.807, 2.05) is 17.3 Å². The molecule has 2 aromatic heterocycles. The van der Waals surface area contributed by atoms with Crippen LogP contribution in [0.2, 0.25) is 0 Å². The molecule has 4 N–H and O–H groups in total. The molecule has 0 radical (unpaired) electrons. The van der Waals surface area contributed by atoms with Crippen LogP contribution >= 0.6 is 11.3 Å². The highest BCUT2D eigenvalue weighted by molar-refractivity contribution is 7.10. The Kier molecular flexibility index (Phi) is 8.85. The van der Waals surface area contributed by atoms with Gasteiger partial charge in [-0.15, -0.1) is 11.3 Å². The Morgan fingerprint density at radius 2 is 1.95 bits per heavy atom. The number of thiazole rings is 1. The number of nitriles is 1. The van der Waals surface area contributed by atoms with E-state index >= 15 is 0 Å². The summed E-state index contributed by atoms with van der Waals surface area (Å²) in [6, 6.07) is 4.13. The number of anilines is 5. The Morgan fingerprint density at radius 3 is 2.63 bits per heavy atom. The molecule has 13 heteroatoms. The van der Waals surface area contributed by atoms with Crippen molar-refractivity contribution in [3.63, 3.8) is 0 Å². The lowest BCUT2D eigenvalue weighted by atomic mass is 9.98. The number of hydrogen-bond donors (Lipinski definition) is 3. The largest absolute Gasteiger partial charge is 0.382 e. The van der Waals surface area contributed by atoms with Gasteiger partial charge in [-0.3, -0.25) is 4.79 Å². The summed E-state index contributed by atoms with van der Waals surface area (Å²) in [4.78, 5) is 27.1. The van der Waals surface area contributed by atoms with Gasteiger partial charge in [0.2, 0.25) is 6.41 Å². The van der Waals surface area contributed by atoms with E-state index in [0.29, 0.717) is 29.4 Å². The second-order valence-electron chi connectivity index (χ2n) is 8.91. The van der Waals surface area contributed by atoms with Gasteiger partial charge in [0.1, 0.15) is 41.1 Å². The fourth-order valence-electron chi connectivity index (χ4n) is 4.67. The summed E-state index contributed by atoms with van der Waals surface area (Å²) in [6.45, 7) is 3.18. The molecule has 0 spiro atoms. The normalized spacial score (nSPS) is 16.8. The molecule has 10 nitrogen and oxygen atoms in total. The fraction of sp³-hybridized carbons (Fsp3) is 0.400. The molecule has 2 aliphatic heterocycles. The van der Waals surface area contributed by atoms with Crippen molar-refractivity contribution in [2.45, 2.75) is 31.6 Å². The van der Waals surface area contributed by atoms with E-state index in [1.54, 1.807) is 11.3 Å². The first-order valence-corrected chi connectivity index (χ1v) is 13.2. The highest BCUT2D eigenvalue weighted by atomic mass is 32.1. The number of nitrogens with one attached hydrogen (secondary N) is 2. The lowest BCUT2D eigenvalue weighted by Gasteiger charge is -2.33. The maximum absolute atomic E-state index is 13.5. The van der Waals surface area contributed by atoms with E-state index in [0.717, 1.165) is 68.8 Å². The molecule has 1 aromatic carbocycles. The van der Waals surface area contributed by atoms with Gasteiger partial charge in [-0.2, -0.15) is 5.26 Å². The van der Waals surface area contributed by atoms with Crippen LogP contribution in [0.5, 0.6) is 0 Å². The zero-order chi connectivity index (χ0) is 27.1. The van der Waals surface area contributed by atoms with Gasteiger partial charge in [0.05, 0.1) is 10.7 Å². The summed E-state index contributed by atoms with van der Waals surface area (Å²) in [7, 11) is 1.87. The molecule has 0 bridgehead atoms. The molecule has 5 rings (SSSR count). The average molecular weight is 542 g/mol. The molecule has 3 aromatic rings. The number of halogens is 2. The minimum Gasteiger partial charge on any atom is -0.382 e. The number of benzene rings is 1. The average Bonchev–Trinajstić information content (AvgIpc) is 3.63. The van der Waals surface area contributed by atoms with Crippen LogP contribution in [0.25, 0.3) is 0 Å². The highest BCUT2D eigenvalue weighted by Gasteiger charge is 2.27. The number of rotatable bonds is 6. The summed E-state index contributed by atoms with van der Waals surface area (Å²) >= 11 is 1.67. The Bertz CT molecular complexity index is 1310. The standard InChI is InChI=1S/C14H17N7S.C11H12F2N2O/c1-17-11-7-22-14(20-11)9-3-2-4-21(6-9)13-10(5-15)12(16)18-8-19-13;12-8-5-9(13)11(14-7-16)10(6-8)15-3-1-2-4-15/h7-9,17H,2-4,6H2,1H3,(H2,16,18,19);5-7H,1-4H2,(H,14,16).